The Balaban J connectivity index is 2.70. The fourth-order valence-electron chi connectivity index (χ4n) is 1.48. The predicted octanol–water partition coefficient (Wildman–Crippen LogP) is 3.31. The molecule has 0 radical (unpaired) electrons. The van der Waals surface area contributed by atoms with Crippen LogP contribution in [0.1, 0.15) is 19.4 Å². The van der Waals surface area contributed by atoms with Crippen LogP contribution in [0.25, 0.3) is 11.0 Å². The van der Waals surface area contributed by atoms with Crippen molar-refractivity contribution in [2.24, 2.45) is 0 Å². The van der Waals surface area contributed by atoms with E-state index in [9.17, 15) is 5.11 Å². The quantitative estimate of drug-likeness (QED) is 0.784. The normalized spacial score (nSPS) is 12.3. The molecule has 0 fully saturated rings. The van der Waals surface area contributed by atoms with Gasteiger partial charge in [-0.05, 0) is 32.0 Å². The molecule has 0 saturated heterocycles. The number of halogens is 1. The van der Waals surface area contributed by atoms with Crippen molar-refractivity contribution in [3.8, 4) is 0 Å². The molecule has 1 heterocycles. The Hall–Kier alpha value is -0.990. The molecule has 3 heteroatoms. The van der Waals surface area contributed by atoms with Crippen molar-refractivity contribution < 1.29 is 9.52 Å². The van der Waals surface area contributed by atoms with Crippen LogP contribution < -0.4 is 0 Å². The van der Waals surface area contributed by atoms with Gasteiger partial charge in [0, 0.05) is 16.0 Å². The molecule has 0 saturated carbocycles. The highest BCUT2D eigenvalue weighted by Gasteiger charge is 2.21. The highest BCUT2D eigenvalue weighted by atomic mass is 35.5. The van der Waals surface area contributed by atoms with Crippen molar-refractivity contribution in [2.75, 3.05) is 0 Å². The van der Waals surface area contributed by atoms with Crippen molar-refractivity contribution in [3.05, 3.63) is 35.0 Å². The Labute approximate surface area is 87.1 Å². The number of rotatable bonds is 1. The molecule has 1 N–H and O–H groups in total. The lowest BCUT2D eigenvalue weighted by atomic mass is 9.98. The van der Waals surface area contributed by atoms with Gasteiger partial charge in [-0.15, -0.1) is 0 Å². The zero-order valence-corrected chi connectivity index (χ0v) is 8.80. The third-order valence-corrected chi connectivity index (χ3v) is 2.43. The van der Waals surface area contributed by atoms with E-state index in [1.54, 1.807) is 32.2 Å². The van der Waals surface area contributed by atoms with Crippen LogP contribution in [0.2, 0.25) is 5.02 Å². The molecular weight excluding hydrogens is 200 g/mol. The van der Waals surface area contributed by atoms with Crippen LogP contribution in [-0.2, 0) is 5.60 Å². The molecule has 1 aromatic carbocycles. The molecule has 0 aliphatic heterocycles. The van der Waals surface area contributed by atoms with Gasteiger partial charge in [0.1, 0.15) is 5.58 Å². The minimum absolute atomic E-state index is 0.633. The van der Waals surface area contributed by atoms with Gasteiger partial charge in [0.25, 0.3) is 0 Å². The molecule has 0 aliphatic carbocycles. The molecule has 0 atom stereocenters. The highest BCUT2D eigenvalue weighted by molar-refractivity contribution is 6.31. The predicted molar refractivity (Wildman–Crippen MR) is 56.5 cm³/mol. The van der Waals surface area contributed by atoms with Gasteiger partial charge in [0.05, 0.1) is 11.9 Å². The Morgan fingerprint density at radius 2 is 2.07 bits per heavy atom. The van der Waals surface area contributed by atoms with E-state index in [-0.39, 0.29) is 0 Å². The minimum Gasteiger partial charge on any atom is -0.464 e. The summed E-state index contributed by atoms with van der Waals surface area (Å²) in [5.74, 6) is 0. The first-order valence-corrected chi connectivity index (χ1v) is 4.76. The number of hydrogen-bond acceptors (Lipinski definition) is 2. The molecule has 2 aromatic rings. The number of aliphatic hydroxyl groups is 1. The SMILES string of the molecule is CC(C)(O)c1coc2cc(Cl)ccc12. The molecule has 0 unspecified atom stereocenters. The molecule has 0 aliphatic rings. The summed E-state index contributed by atoms with van der Waals surface area (Å²) in [4.78, 5) is 0. The van der Waals surface area contributed by atoms with Gasteiger partial charge in [-0.25, -0.2) is 0 Å². The standard InChI is InChI=1S/C11H11ClO2/c1-11(2,13)9-6-14-10-5-7(12)3-4-8(9)10/h3-6,13H,1-2H3. The molecule has 2 nitrogen and oxygen atoms in total. The van der Waals surface area contributed by atoms with Gasteiger partial charge in [-0.3, -0.25) is 0 Å². The molecule has 0 amide bonds. The number of hydrogen-bond donors (Lipinski definition) is 1. The Morgan fingerprint density at radius 3 is 2.71 bits per heavy atom. The second kappa shape index (κ2) is 3.01. The van der Waals surface area contributed by atoms with Crippen LogP contribution in [0.3, 0.4) is 0 Å². The molecule has 74 valence electrons. The van der Waals surface area contributed by atoms with E-state index in [2.05, 4.69) is 0 Å². The molecular formula is C11H11ClO2. The first-order valence-electron chi connectivity index (χ1n) is 4.38. The maximum Gasteiger partial charge on any atom is 0.135 e. The Morgan fingerprint density at radius 1 is 1.36 bits per heavy atom. The van der Waals surface area contributed by atoms with Crippen LogP contribution in [0.4, 0.5) is 0 Å². The lowest BCUT2D eigenvalue weighted by Gasteiger charge is -2.14. The molecule has 2 rings (SSSR count). The van der Waals surface area contributed by atoms with Crippen LogP contribution in [0.5, 0.6) is 0 Å². The number of benzene rings is 1. The lowest BCUT2D eigenvalue weighted by Crippen LogP contribution is -2.14. The van der Waals surface area contributed by atoms with E-state index in [0.717, 1.165) is 10.9 Å². The first kappa shape index (κ1) is 9.56. The fraction of sp³-hybridized carbons (Fsp3) is 0.273. The second-order valence-corrected chi connectivity index (χ2v) is 4.29. The Bertz CT molecular complexity index is 466. The van der Waals surface area contributed by atoms with Gasteiger partial charge in [-0.1, -0.05) is 11.6 Å². The average molecular weight is 211 g/mol. The summed E-state index contributed by atoms with van der Waals surface area (Å²) in [6, 6.07) is 5.38. The second-order valence-electron chi connectivity index (χ2n) is 3.85. The average Bonchev–Trinajstić information content (AvgIpc) is 2.45. The number of fused-ring (bicyclic) bond motifs is 1. The maximum atomic E-state index is 9.85. The van der Waals surface area contributed by atoms with Gasteiger partial charge in [0.15, 0.2) is 0 Å². The van der Waals surface area contributed by atoms with Crippen molar-refractivity contribution >= 4 is 22.6 Å². The van der Waals surface area contributed by atoms with Gasteiger partial charge in [0.2, 0.25) is 0 Å². The van der Waals surface area contributed by atoms with Gasteiger partial charge >= 0.3 is 0 Å². The van der Waals surface area contributed by atoms with Crippen LogP contribution in [-0.4, -0.2) is 5.11 Å². The topological polar surface area (TPSA) is 33.4 Å². The summed E-state index contributed by atoms with van der Waals surface area (Å²) in [7, 11) is 0. The zero-order valence-electron chi connectivity index (χ0n) is 8.04. The summed E-state index contributed by atoms with van der Waals surface area (Å²) in [5.41, 5.74) is 0.595. The third kappa shape index (κ3) is 1.51. The van der Waals surface area contributed by atoms with Crippen LogP contribution in [0.15, 0.2) is 28.9 Å². The first-order chi connectivity index (χ1) is 6.48. The number of furan rings is 1. The molecule has 0 spiro atoms. The summed E-state index contributed by atoms with van der Waals surface area (Å²) in [6.45, 7) is 3.46. The van der Waals surface area contributed by atoms with E-state index in [1.807, 2.05) is 6.07 Å². The molecule has 14 heavy (non-hydrogen) atoms. The summed E-state index contributed by atoms with van der Waals surface area (Å²) in [5, 5.41) is 11.4. The summed E-state index contributed by atoms with van der Waals surface area (Å²) >= 11 is 5.82. The fourth-order valence-corrected chi connectivity index (χ4v) is 1.64. The maximum absolute atomic E-state index is 9.85. The van der Waals surface area contributed by atoms with Gasteiger partial charge < -0.3 is 9.52 Å². The summed E-state index contributed by atoms with van der Waals surface area (Å²) < 4.78 is 5.31. The van der Waals surface area contributed by atoms with E-state index in [1.165, 1.54) is 0 Å². The van der Waals surface area contributed by atoms with E-state index < -0.39 is 5.60 Å². The van der Waals surface area contributed by atoms with E-state index >= 15 is 0 Å². The smallest absolute Gasteiger partial charge is 0.135 e. The Kier molecular flexibility index (Phi) is 2.05. The highest BCUT2D eigenvalue weighted by Crippen LogP contribution is 2.31. The lowest BCUT2D eigenvalue weighted by molar-refractivity contribution is 0.0792. The van der Waals surface area contributed by atoms with E-state index in [4.69, 9.17) is 16.0 Å². The summed E-state index contributed by atoms with van der Waals surface area (Å²) in [6.07, 6.45) is 1.57. The monoisotopic (exact) mass is 210 g/mol. The van der Waals surface area contributed by atoms with Crippen molar-refractivity contribution in [1.82, 2.24) is 0 Å². The third-order valence-electron chi connectivity index (χ3n) is 2.20. The minimum atomic E-state index is -0.890. The van der Waals surface area contributed by atoms with Crippen LogP contribution in [0, 0.1) is 0 Å². The van der Waals surface area contributed by atoms with E-state index in [0.29, 0.717) is 10.6 Å². The zero-order chi connectivity index (χ0) is 10.3. The largest absolute Gasteiger partial charge is 0.464 e. The molecule has 1 aromatic heterocycles. The van der Waals surface area contributed by atoms with Gasteiger partial charge in [-0.2, -0.15) is 0 Å². The van der Waals surface area contributed by atoms with Crippen LogP contribution >= 0.6 is 11.6 Å². The molecule has 0 bridgehead atoms. The van der Waals surface area contributed by atoms with Crippen molar-refractivity contribution in [3.63, 3.8) is 0 Å². The van der Waals surface area contributed by atoms with Crippen molar-refractivity contribution in [2.45, 2.75) is 19.4 Å². The van der Waals surface area contributed by atoms with Crippen molar-refractivity contribution in [1.29, 1.82) is 0 Å².